The summed E-state index contributed by atoms with van der Waals surface area (Å²) in [6.07, 6.45) is 4.88. The lowest BCUT2D eigenvalue weighted by atomic mass is 10.1. The van der Waals surface area contributed by atoms with Crippen molar-refractivity contribution in [2.45, 2.75) is 12.2 Å². The Morgan fingerprint density at radius 1 is 0.850 bits per heavy atom. The number of carbonyl (C=O) groups excluding carboxylic acids is 1. The highest BCUT2D eigenvalue weighted by Gasteiger charge is 2.30. The SMILES string of the molecule is C#CCOCCOCCOC(=O)NC(Cc1ccc(N=C(N)N)cc1)P(Oc1ccccc1)Oc1ccccc1. The van der Waals surface area contributed by atoms with Gasteiger partial charge in [-0.1, -0.05) is 54.5 Å². The molecule has 0 saturated heterocycles. The van der Waals surface area contributed by atoms with Gasteiger partial charge >= 0.3 is 14.5 Å². The summed E-state index contributed by atoms with van der Waals surface area (Å²) >= 11 is 0. The Morgan fingerprint density at radius 3 is 2.00 bits per heavy atom. The van der Waals surface area contributed by atoms with Crippen LogP contribution in [0.15, 0.2) is 89.9 Å². The van der Waals surface area contributed by atoms with Crippen LogP contribution >= 0.6 is 8.38 Å². The number of para-hydroxylation sites is 2. The molecule has 1 unspecified atom stereocenters. The van der Waals surface area contributed by atoms with Crippen LogP contribution in [0.1, 0.15) is 5.56 Å². The van der Waals surface area contributed by atoms with Gasteiger partial charge in [-0.15, -0.1) is 6.42 Å². The van der Waals surface area contributed by atoms with E-state index >= 15 is 0 Å². The molecule has 11 heteroatoms. The summed E-state index contributed by atoms with van der Waals surface area (Å²) in [6, 6.07) is 25.9. The molecule has 210 valence electrons. The Hall–Kier alpha value is -4.29. The topological polar surface area (TPSA) is 140 Å². The molecule has 0 radical (unpaired) electrons. The number of nitrogens with two attached hydrogens (primary N) is 2. The molecule has 0 aliphatic rings. The van der Waals surface area contributed by atoms with Gasteiger partial charge in [0.25, 0.3) is 0 Å². The van der Waals surface area contributed by atoms with E-state index in [0.29, 0.717) is 36.8 Å². The lowest BCUT2D eigenvalue weighted by Crippen LogP contribution is -2.38. The van der Waals surface area contributed by atoms with Crippen LogP contribution in [0.4, 0.5) is 10.5 Å². The van der Waals surface area contributed by atoms with E-state index in [1.165, 1.54) is 0 Å². The predicted octanol–water partition coefficient (Wildman–Crippen LogP) is 4.32. The van der Waals surface area contributed by atoms with E-state index in [1.54, 1.807) is 12.1 Å². The first-order valence-corrected chi connectivity index (χ1v) is 13.7. The van der Waals surface area contributed by atoms with Gasteiger partial charge < -0.3 is 40.0 Å². The molecule has 0 spiro atoms. The summed E-state index contributed by atoms with van der Waals surface area (Å²) in [4.78, 5) is 16.9. The summed E-state index contributed by atoms with van der Waals surface area (Å²) in [5.41, 5.74) is 12.5. The monoisotopic (exact) mass is 564 g/mol. The number of alkyl carbamates (subject to hydrolysis) is 1. The minimum atomic E-state index is -1.73. The zero-order valence-electron chi connectivity index (χ0n) is 22.0. The van der Waals surface area contributed by atoms with E-state index in [2.05, 4.69) is 16.2 Å². The molecule has 0 saturated carbocycles. The maximum Gasteiger partial charge on any atom is 0.407 e. The molecule has 0 aromatic heterocycles. The van der Waals surface area contributed by atoms with Crippen LogP contribution in [-0.4, -0.2) is 50.9 Å². The van der Waals surface area contributed by atoms with Crippen LogP contribution in [-0.2, 0) is 20.6 Å². The Labute approximate surface area is 235 Å². The Bertz CT molecular complexity index is 1180. The molecule has 0 heterocycles. The first-order valence-electron chi connectivity index (χ1n) is 12.5. The van der Waals surface area contributed by atoms with E-state index in [9.17, 15) is 4.79 Å². The normalized spacial score (nSPS) is 11.2. The van der Waals surface area contributed by atoms with Gasteiger partial charge in [-0.25, -0.2) is 9.79 Å². The number of guanidine groups is 1. The smallest absolute Gasteiger partial charge is 0.407 e. The van der Waals surface area contributed by atoms with Gasteiger partial charge in [-0.05, 0) is 42.0 Å². The number of rotatable bonds is 16. The molecule has 40 heavy (non-hydrogen) atoms. The van der Waals surface area contributed by atoms with Crippen LogP contribution in [0.2, 0.25) is 0 Å². The van der Waals surface area contributed by atoms with Crippen molar-refractivity contribution in [2.75, 3.05) is 33.0 Å². The van der Waals surface area contributed by atoms with Gasteiger partial charge in [0.15, 0.2) is 5.96 Å². The van der Waals surface area contributed by atoms with Crippen molar-refractivity contribution in [1.29, 1.82) is 0 Å². The Kier molecular flexibility index (Phi) is 13.1. The Balaban J connectivity index is 1.73. The average molecular weight is 565 g/mol. The zero-order chi connectivity index (χ0) is 28.4. The van der Waals surface area contributed by atoms with Crippen LogP contribution in [0.25, 0.3) is 0 Å². The molecule has 1 amide bonds. The highest BCUT2D eigenvalue weighted by Crippen LogP contribution is 2.45. The quantitative estimate of drug-likeness (QED) is 0.0769. The maximum atomic E-state index is 12.8. The Morgan fingerprint density at radius 2 is 1.43 bits per heavy atom. The fourth-order valence-electron chi connectivity index (χ4n) is 3.30. The third-order valence-corrected chi connectivity index (χ3v) is 6.66. The highest BCUT2D eigenvalue weighted by molar-refractivity contribution is 7.49. The molecular weight excluding hydrogens is 531 g/mol. The van der Waals surface area contributed by atoms with Crippen LogP contribution in [0.3, 0.4) is 0 Å². The molecule has 0 bridgehead atoms. The minimum Gasteiger partial charge on any atom is -0.447 e. The number of nitrogens with one attached hydrogen (secondary N) is 1. The number of terminal acetylenes is 1. The molecule has 0 aliphatic heterocycles. The summed E-state index contributed by atoms with van der Waals surface area (Å²) in [5, 5.41) is 2.92. The molecule has 3 aromatic rings. The largest absolute Gasteiger partial charge is 0.447 e. The molecule has 3 aromatic carbocycles. The molecule has 0 fully saturated rings. The summed E-state index contributed by atoms with van der Waals surface area (Å²) in [6.45, 7) is 1.18. The van der Waals surface area contributed by atoms with Gasteiger partial charge in [0.2, 0.25) is 0 Å². The van der Waals surface area contributed by atoms with Crippen molar-refractivity contribution in [3.05, 3.63) is 90.5 Å². The fraction of sp³-hybridized carbons (Fsp3) is 0.241. The van der Waals surface area contributed by atoms with Crippen LogP contribution in [0, 0.1) is 12.3 Å². The number of nitrogens with zero attached hydrogens (tertiary/aromatic N) is 1. The van der Waals surface area contributed by atoms with Crippen molar-refractivity contribution in [1.82, 2.24) is 5.32 Å². The molecule has 5 N–H and O–H groups in total. The molecular formula is C29H33N4O6P. The summed E-state index contributed by atoms with van der Waals surface area (Å²) < 4.78 is 28.5. The summed E-state index contributed by atoms with van der Waals surface area (Å²) in [5.74, 6) is 2.97. The predicted molar refractivity (Wildman–Crippen MR) is 155 cm³/mol. The number of aliphatic imine (C=N–C) groups is 1. The van der Waals surface area contributed by atoms with E-state index in [-0.39, 0.29) is 25.8 Å². The van der Waals surface area contributed by atoms with Crippen molar-refractivity contribution in [2.24, 2.45) is 16.5 Å². The number of hydrogen-bond acceptors (Lipinski definition) is 7. The first kappa shape index (κ1) is 30.3. The number of hydrogen-bond donors (Lipinski definition) is 3. The van der Waals surface area contributed by atoms with Gasteiger partial charge in [0.05, 0.1) is 25.5 Å². The molecule has 10 nitrogen and oxygen atoms in total. The van der Waals surface area contributed by atoms with E-state index < -0.39 is 20.3 Å². The second-order valence-electron chi connectivity index (χ2n) is 8.17. The molecule has 1 atom stereocenters. The van der Waals surface area contributed by atoms with Gasteiger partial charge in [0.1, 0.15) is 30.5 Å². The average Bonchev–Trinajstić information content (AvgIpc) is 2.95. The number of ether oxygens (including phenoxy) is 3. The highest BCUT2D eigenvalue weighted by atomic mass is 31.2. The minimum absolute atomic E-state index is 0.0323. The molecule has 3 rings (SSSR count). The van der Waals surface area contributed by atoms with E-state index in [0.717, 1.165) is 5.56 Å². The lowest BCUT2D eigenvalue weighted by Gasteiger charge is -2.27. The van der Waals surface area contributed by atoms with Gasteiger partial charge in [-0.2, -0.15) is 0 Å². The second-order valence-corrected chi connectivity index (χ2v) is 9.73. The number of amides is 1. The van der Waals surface area contributed by atoms with Gasteiger partial charge in [-0.3, -0.25) is 0 Å². The third kappa shape index (κ3) is 11.6. The second kappa shape index (κ2) is 17.3. The van der Waals surface area contributed by atoms with Crippen molar-refractivity contribution < 1.29 is 28.1 Å². The van der Waals surface area contributed by atoms with Crippen molar-refractivity contribution in [3.63, 3.8) is 0 Å². The third-order valence-electron chi connectivity index (χ3n) is 5.06. The zero-order valence-corrected chi connectivity index (χ0v) is 22.9. The number of carbonyl (C=O) groups is 1. The van der Waals surface area contributed by atoms with E-state index in [1.807, 2.05) is 72.8 Å². The van der Waals surface area contributed by atoms with Crippen LogP contribution < -0.4 is 25.8 Å². The van der Waals surface area contributed by atoms with Crippen LogP contribution in [0.5, 0.6) is 11.5 Å². The van der Waals surface area contributed by atoms with E-state index in [4.69, 9.17) is 41.1 Å². The van der Waals surface area contributed by atoms with Crippen molar-refractivity contribution in [3.8, 4) is 23.8 Å². The van der Waals surface area contributed by atoms with Crippen molar-refractivity contribution >= 4 is 26.1 Å². The first-order chi connectivity index (χ1) is 19.5. The standard InChI is InChI=1S/C29H33N4O6P/c1-2-17-35-18-19-36-20-21-37-29(34)33-27(22-23-13-15-24(16-14-23)32-28(30)31)40(38-25-9-5-3-6-10-25)39-26-11-7-4-8-12-26/h1,3-16,27H,17-22H2,(H,33,34)(H4,30,31,32). The summed E-state index contributed by atoms with van der Waals surface area (Å²) in [7, 11) is -1.73. The molecule has 0 aliphatic carbocycles. The maximum absolute atomic E-state index is 12.8. The number of benzene rings is 3. The fourth-order valence-corrected chi connectivity index (χ4v) is 4.82. The van der Waals surface area contributed by atoms with Gasteiger partial charge in [0, 0.05) is 6.42 Å². The lowest BCUT2D eigenvalue weighted by molar-refractivity contribution is 0.0357.